The molecule has 0 spiro atoms. The molecule has 0 amide bonds. The molecule has 2 rings (SSSR count). The van der Waals surface area contributed by atoms with E-state index in [-0.39, 0.29) is 0 Å². The van der Waals surface area contributed by atoms with E-state index < -0.39 is 9.84 Å². The van der Waals surface area contributed by atoms with Crippen molar-refractivity contribution in [3.8, 4) is 6.07 Å². The average molecular weight is 335 g/mol. The fourth-order valence-electron chi connectivity index (χ4n) is 1.76. The molecule has 0 aliphatic carbocycles. The first-order chi connectivity index (χ1) is 9.95. The Labute approximate surface area is 133 Å². The normalized spacial score (nSPS) is 11.1. The second kappa shape index (κ2) is 6.56. The summed E-state index contributed by atoms with van der Waals surface area (Å²) >= 11 is 2.99. The fraction of sp³-hybridized carbons (Fsp3) is 0.133. The number of hydrogen-bond acceptors (Lipinski definition) is 5. The molecule has 0 bridgehead atoms. The van der Waals surface area contributed by atoms with Crippen molar-refractivity contribution >= 4 is 33.4 Å². The van der Waals surface area contributed by atoms with Gasteiger partial charge in [-0.3, -0.25) is 0 Å². The Bertz CT molecular complexity index is 791. The lowest BCUT2D eigenvalue weighted by atomic mass is 10.2. The first-order valence-corrected chi connectivity index (χ1v) is 9.94. The third-order valence-corrected chi connectivity index (χ3v) is 5.78. The molecule has 0 unspecified atom stereocenters. The first-order valence-electron chi connectivity index (χ1n) is 6.01. The predicted octanol–water partition coefficient (Wildman–Crippen LogP) is 3.83. The Balaban J connectivity index is 2.33. The summed E-state index contributed by atoms with van der Waals surface area (Å²) in [4.78, 5) is 3.01. The summed E-state index contributed by atoms with van der Waals surface area (Å²) in [6.07, 6.45) is 3.12. The minimum Gasteiger partial charge on any atom is -0.224 e. The van der Waals surface area contributed by atoms with Gasteiger partial charge in [-0.25, -0.2) is 8.42 Å². The number of thioether (sulfide) groups is 1. The number of benzene rings is 2. The van der Waals surface area contributed by atoms with E-state index in [0.717, 1.165) is 14.7 Å². The average Bonchev–Trinajstić information content (AvgIpc) is 2.46. The quantitative estimate of drug-likeness (QED) is 0.795. The van der Waals surface area contributed by atoms with Crippen LogP contribution < -0.4 is 0 Å². The van der Waals surface area contributed by atoms with Crippen LogP contribution in [-0.2, 0) is 9.84 Å². The molecule has 0 saturated carbocycles. The van der Waals surface area contributed by atoms with Gasteiger partial charge in [0, 0.05) is 20.9 Å². The fourth-order valence-corrected chi connectivity index (χ4v) is 3.96. The highest BCUT2D eigenvalue weighted by Gasteiger charge is 2.10. The lowest BCUT2D eigenvalue weighted by Gasteiger charge is -2.07. The Morgan fingerprint density at radius 2 is 1.67 bits per heavy atom. The maximum absolute atomic E-state index is 11.4. The van der Waals surface area contributed by atoms with Crippen LogP contribution >= 0.6 is 23.5 Å². The van der Waals surface area contributed by atoms with Crippen molar-refractivity contribution in [2.45, 2.75) is 19.6 Å². The molecule has 0 heterocycles. The van der Waals surface area contributed by atoms with Gasteiger partial charge in [0.15, 0.2) is 9.84 Å². The number of sulfone groups is 1. The molecule has 2 aromatic carbocycles. The van der Waals surface area contributed by atoms with Crippen LogP contribution in [0.4, 0.5) is 0 Å². The van der Waals surface area contributed by atoms with Gasteiger partial charge in [0.25, 0.3) is 0 Å². The molecule has 6 heteroatoms. The Kier molecular flexibility index (Phi) is 4.99. The number of hydrogen-bond donors (Lipinski definition) is 0. The van der Waals surface area contributed by atoms with E-state index in [0.29, 0.717) is 10.5 Å². The standard InChI is InChI=1S/C15H13NO2S3/c1-19-14-4-3-5-15(13(14)10-16)20-11-6-8-12(9-7-11)21(2,17)18/h3-9H,1-2H3. The molecule has 0 aromatic heterocycles. The van der Waals surface area contributed by atoms with E-state index in [4.69, 9.17) is 0 Å². The van der Waals surface area contributed by atoms with Gasteiger partial charge in [-0.1, -0.05) is 17.8 Å². The minimum absolute atomic E-state index is 0.297. The van der Waals surface area contributed by atoms with Crippen molar-refractivity contribution in [1.82, 2.24) is 0 Å². The van der Waals surface area contributed by atoms with Crippen molar-refractivity contribution in [2.75, 3.05) is 12.5 Å². The molecule has 0 aliphatic rings. The summed E-state index contributed by atoms with van der Waals surface area (Å²) in [6, 6.07) is 14.6. The first kappa shape index (κ1) is 16.0. The number of nitriles is 1. The van der Waals surface area contributed by atoms with Gasteiger partial charge in [0.2, 0.25) is 0 Å². The van der Waals surface area contributed by atoms with Crippen LogP contribution in [0.5, 0.6) is 0 Å². The zero-order valence-electron chi connectivity index (χ0n) is 11.5. The van der Waals surface area contributed by atoms with Gasteiger partial charge >= 0.3 is 0 Å². The summed E-state index contributed by atoms with van der Waals surface area (Å²) in [5.41, 5.74) is 0.655. The van der Waals surface area contributed by atoms with Gasteiger partial charge in [-0.2, -0.15) is 5.26 Å². The topological polar surface area (TPSA) is 57.9 Å². The third kappa shape index (κ3) is 3.82. The lowest BCUT2D eigenvalue weighted by Crippen LogP contribution is -1.96. The molecular weight excluding hydrogens is 322 g/mol. The highest BCUT2D eigenvalue weighted by molar-refractivity contribution is 8.00. The van der Waals surface area contributed by atoms with Crippen LogP contribution in [0.1, 0.15) is 5.56 Å². The smallest absolute Gasteiger partial charge is 0.175 e. The summed E-state index contributed by atoms with van der Waals surface area (Å²) in [5, 5.41) is 9.30. The number of nitrogens with zero attached hydrogens (tertiary/aromatic N) is 1. The third-order valence-electron chi connectivity index (χ3n) is 2.80. The van der Waals surface area contributed by atoms with Crippen molar-refractivity contribution in [1.29, 1.82) is 5.26 Å². The van der Waals surface area contributed by atoms with E-state index in [1.165, 1.54) is 29.8 Å². The SMILES string of the molecule is CSc1cccc(Sc2ccc(S(C)(=O)=O)cc2)c1C#N. The lowest BCUT2D eigenvalue weighted by molar-refractivity contribution is 0.602. The second-order valence-corrected chi connectivity index (χ2v) is 8.27. The van der Waals surface area contributed by atoms with Crippen molar-refractivity contribution in [2.24, 2.45) is 0 Å². The maximum atomic E-state index is 11.4. The van der Waals surface area contributed by atoms with Crippen LogP contribution in [0.2, 0.25) is 0 Å². The molecule has 0 N–H and O–H groups in total. The zero-order chi connectivity index (χ0) is 15.5. The highest BCUT2D eigenvalue weighted by atomic mass is 32.2. The van der Waals surface area contributed by atoms with Crippen LogP contribution in [0.3, 0.4) is 0 Å². The van der Waals surface area contributed by atoms with Crippen molar-refractivity contribution < 1.29 is 8.42 Å². The largest absolute Gasteiger partial charge is 0.224 e. The Morgan fingerprint density at radius 3 is 2.19 bits per heavy atom. The van der Waals surface area contributed by atoms with Crippen LogP contribution in [0.25, 0.3) is 0 Å². The predicted molar refractivity (Wildman–Crippen MR) is 86.6 cm³/mol. The number of rotatable bonds is 4. The van der Waals surface area contributed by atoms with Gasteiger partial charge in [0.1, 0.15) is 6.07 Å². The molecule has 0 saturated heterocycles. The summed E-state index contributed by atoms with van der Waals surface area (Å²) in [5.74, 6) is 0. The van der Waals surface area contributed by atoms with Gasteiger partial charge < -0.3 is 0 Å². The van der Waals surface area contributed by atoms with Gasteiger partial charge in [-0.15, -0.1) is 11.8 Å². The van der Waals surface area contributed by atoms with Crippen LogP contribution in [0.15, 0.2) is 62.0 Å². The summed E-state index contributed by atoms with van der Waals surface area (Å²) in [6.45, 7) is 0. The van der Waals surface area contributed by atoms with Crippen LogP contribution in [-0.4, -0.2) is 20.9 Å². The van der Waals surface area contributed by atoms with E-state index in [9.17, 15) is 13.7 Å². The second-order valence-electron chi connectivity index (χ2n) is 4.29. The molecule has 0 radical (unpaired) electrons. The minimum atomic E-state index is -3.18. The monoisotopic (exact) mass is 335 g/mol. The zero-order valence-corrected chi connectivity index (χ0v) is 14.0. The molecule has 21 heavy (non-hydrogen) atoms. The maximum Gasteiger partial charge on any atom is 0.175 e. The molecule has 108 valence electrons. The van der Waals surface area contributed by atoms with Crippen molar-refractivity contribution in [3.63, 3.8) is 0 Å². The molecule has 0 fully saturated rings. The molecule has 3 nitrogen and oxygen atoms in total. The Morgan fingerprint density at radius 1 is 1.05 bits per heavy atom. The molecule has 2 aromatic rings. The molecule has 0 atom stereocenters. The Hall–Kier alpha value is -1.42. The van der Waals surface area contributed by atoms with Gasteiger partial charge in [-0.05, 0) is 42.7 Å². The summed E-state index contributed by atoms with van der Waals surface area (Å²) in [7, 11) is -3.18. The van der Waals surface area contributed by atoms with E-state index in [1.54, 1.807) is 24.3 Å². The van der Waals surface area contributed by atoms with E-state index in [2.05, 4.69) is 6.07 Å². The van der Waals surface area contributed by atoms with E-state index in [1.807, 2.05) is 24.5 Å². The van der Waals surface area contributed by atoms with Crippen LogP contribution in [0, 0.1) is 11.3 Å². The molecular formula is C15H13NO2S3. The van der Waals surface area contributed by atoms with Gasteiger partial charge in [0.05, 0.1) is 10.5 Å². The summed E-state index contributed by atoms with van der Waals surface area (Å²) < 4.78 is 22.9. The van der Waals surface area contributed by atoms with Crippen molar-refractivity contribution in [3.05, 3.63) is 48.0 Å². The van der Waals surface area contributed by atoms with E-state index >= 15 is 0 Å². The molecule has 0 aliphatic heterocycles. The highest BCUT2D eigenvalue weighted by Crippen LogP contribution is 2.34.